The van der Waals surface area contributed by atoms with E-state index in [1.165, 1.54) is 0 Å². The van der Waals surface area contributed by atoms with Crippen molar-refractivity contribution in [1.29, 1.82) is 0 Å². The van der Waals surface area contributed by atoms with Crippen LogP contribution in [-0.2, 0) is 0 Å². The average molecular weight is 134 g/mol. The first kappa shape index (κ1) is 6.60. The van der Waals surface area contributed by atoms with E-state index in [2.05, 4.69) is 26.6 Å². The van der Waals surface area contributed by atoms with Crippen molar-refractivity contribution in [2.24, 2.45) is 0 Å². The molecular formula is C6H7AlN2. The van der Waals surface area contributed by atoms with Gasteiger partial charge in [0.15, 0.2) is 0 Å². The van der Waals surface area contributed by atoms with Crippen LogP contribution in [0.5, 0.6) is 0 Å². The number of hydrogen-bond donors (Lipinski definition) is 1. The van der Waals surface area contributed by atoms with Crippen molar-refractivity contribution in [2.75, 3.05) is 12.4 Å². The van der Waals surface area contributed by atoms with E-state index in [-0.39, 0.29) is 0 Å². The number of hydrogen-bond acceptors (Lipinski definition) is 2. The molecule has 0 amide bonds. The quantitative estimate of drug-likeness (QED) is 0.543. The highest BCUT2D eigenvalue weighted by Gasteiger charge is 1.84. The Bertz CT molecular complexity index is 183. The number of nitrogens with zero attached hydrogens (tertiary/aromatic N) is 1. The summed E-state index contributed by atoms with van der Waals surface area (Å²) in [5.41, 5.74) is 1.04. The van der Waals surface area contributed by atoms with Gasteiger partial charge in [-0.3, -0.25) is 4.98 Å². The van der Waals surface area contributed by atoms with E-state index in [1.807, 2.05) is 19.2 Å². The Hall–Kier alpha value is -0.518. The van der Waals surface area contributed by atoms with Gasteiger partial charge in [0.2, 0.25) is 16.3 Å². The highest BCUT2D eigenvalue weighted by molar-refractivity contribution is 6.30. The summed E-state index contributed by atoms with van der Waals surface area (Å²) in [6.07, 6.45) is 1.79. The van der Waals surface area contributed by atoms with Crippen molar-refractivity contribution in [3.63, 3.8) is 0 Å². The van der Waals surface area contributed by atoms with Crippen LogP contribution < -0.4 is 9.87 Å². The molecule has 0 fully saturated rings. The van der Waals surface area contributed by atoms with Crippen molar-refractivity contribution < 1.29 is 0 Å². The molecule has 3 heteroatoms. The molecule has 0 saturated heterocycles. The van der Waals surface area contributed by atoms with E-state index in [9.17, 15) is 0 Å². The maximum atomic E-state index is 4.05. The molecule has 0 aliphatic rings. The van der Waals surface area contributed by atoms with Gasteiger partial charge in [-0.05, 0) is 6.07 Å². The Morgan fingerprint density at radius 1 is 1.56 bits per heavy atom. The van der Waals surface area contributed by atoms with Crippen LogP contribution in [0.4, 0.5) is 5.69 Å². The fraction of sp³-hybridized carbons (Fsp3) is 0.167. The van der Waals surface area contributed by atoms with Gasteiger partial charge in [-0.1, -0.05) is 10.6 Å². The zero-order chi connectivity index (χ0) is 6.69. The summed E-state index contributed by atoms with van der Waals surface area (Å²) >= 11 is 2.53. The smallest absolute Gasteiger partial charge is 0.209 e. The summed E-state index contributed by atoms with van der Waals surface area (Å²) in [5, 5.41) is 2.98. The SMILES string of the molecule is CNc1cc[c]([Al])nc1. The van der Waals surface area contributed by atoms with Crippen LogP contribution in [0, 0.1) is 0 Å². The van der Waals surface area contributed by atoms with E-state index in [1.54, 1.807) is 6.20 Å². The van der Waals surface area contributed by atoms with Gasteiger partial charge in [0.25, 0.3) is 0 Å². The second kappa shape index (κ2) is 2.86. The monoisotopic (exact) mass is 134 g/mol. The Kier molecular flexibility index (Phi) is 2.10. The van der Waals surface area contributed by atoms with Crippen molar-refractivity contribution in [3.8, 4) is 0 Å². The molecule has 0 saturated carbocycles. The number of nitrogens with one attached hydrogen (secondary N) is 1. The minimum Gasteiger partial charge on any atom is -0.387 e. The molecule has 0 aliphatic heterocycles. The van der Waals surface area contributed by atoms with Crippen molar-refractivity contribution in [3.05, 3.63) is 18.3 Å². The molecule has 0 atom stereocenters. The van der Waals surface area contributed by atoms with Gasteiger partial charge in [0.05, 0.1) is 5.69 Å². The molecule has 1 aromatic heterocycles. The number of anilines is 1. The normalized spacial score (nSPS) is 9.00. The summed E-state index contributed by atoms with van der Waals surface area (Å²) in [5.74, 6) is 0. The summed E-state index contributed by atoms with van der Waals surface area (Å²) in [6.45, 7) is 0. The summed E-state index contributed by atoms with van der Waals surface area (Å²) in [7, 11) is 1.87. The molecule has 1 rings (SSSR count). The Morgan fingerprint density at radius 3 is 2.78 bits per heavy atom. The van der Waals surface area contributed by atoms with Crippen LogP contribution in [0.1, 0.15) is 0 Å². The second-order valence-electron chi connectivity index (χ2n) is 1.72. The minimum absolute atomic E-state index is 0.967. The van der Waals surface area contributed by atoms with E-state index < -0.39 is 0 Å². The Morgan fingerprint density at radius 2 is 2.33 bits per heavy atom. The predicted molar refractivity (Wildman–Crippen MR) is 39.2 cm³/mol. The first-order chi connectivity index (χ1) is 4.33. The van der Waals surface area contributed by atoms with E-state index in [0.29, 0.717) is 0 Å². The second-order valence-corrected chi connectivity index (χ2v) is 2.31. The molecule has 1 aromatic rings. The third kappa shape index (κ3) is 1.71. The molecule has 2 radical (unpaired) electrons. The Labute approximate surface area is 62.7 Å². The van der Waals surface area contributed by atoms with Crippen molar-refractivity contribution in [2.45, 2.75) is 0 Å². The number of pyridine rings is 1. The fourth-order valence-corrected chi connectivity index (χ4v) is 0.724. The lowest BCUT2D eigenvalue weighted by molar-refractivity contribution is 1.36. The van der Waals surface area contributed by atoms with Gasteiger partial charge >= 0.3 is 0 Å². The third-order valence-corrected chi connectivity index (χ3v) is 1.42. The van der Waals surface area contributed by atoms with Crippen LogP contribution in [0.2, 0.25) is 0 Å². The lowest BCUT2D eigenvalue weighted by atomic mass is 10.4. The maximum Gasteiger partial charge on any atom is 0.209 e. The largest absolute Gasteiger partial charge is 0.387 e. The van der Waals surface area contributed by atoms with Crippen LogP contribution >= 0.6 is 0 Å². The molecule has 9 heavy (non-hydrogen) atoms. The van der Waals surface area contributed by atoms with Crippen molar-refractivity contribution >= 4 is 26.5 Å². The van der Waals surface area contributed by atoms with E-state index in [4.69, 9.17) is 0 Å². The van der Waals surface area contributed by atoms with Gasteiger partial charge in [0, 0.05) is 13.2 Å². The van der Waals surface area contributed by atoms with Gasteiger partial charge in [-0.25, -0.2) is 0 Å². The molecular weight excluding hydrogens is 127 g/mol. The summed E-state index contributed by atoms with van der Waals surface area (Å²) < 4.78 is 0.967. The first-order valence-corrected chi connectivity index (χ1v) is 3.30. The number of rotatable bonds is 1. The standard InChI is InChI=1S/C6H7N2.Al/c1-7-6-3-2-4-8-5-6;/h2-3,5,7H,1H3;. The zero-order valence-electron chi connectivity index (χ0n) is 5.26. The van der Waals surface area contributed by atoms with Gasteiger partial charge in [-0.2, -0.15) is 0 Å². The zero-order valence-corrected chi connectivity index (χ0v) is 6.41. The highest BCUT2D eigenvalue weighted by atomic mass is 27.0. The molecule has 0 aromatic carbocycles. The topological polar surface area (TPSA) is 24.9 Å². The van der Waals surface area contributed by atoms with Crippen LogP contribution in [0.25, 0.3) is 0 Å². The van der Waals surface area contributed by atoms with Crippen LogP contribution in [0.3, 0.4) is 0 Å². The lowest BCUT2D eigenvalue weighted by Gasteiger charge is -1.97. The molecule has 0 bridgehead atoms. The third-order valence-electron chi connectivity index (χ3n) is 1.08. The summed E-state index contributed by atoms with van der Waals surface area (Å²) in [4.78, 5) is 4.05. The van der Waals surface area contributed by atoms with E-state index >= 15 is 0 Å². The average Bonchev–Trinajstić information content (AvgIpc) is 1.90. The van der Waals surface area contributed by atoms with Gasteiger partial charge in [-0.15, -0.1) is 0 Å². The molecule has 0 unspecified atom stereocenters. The highest BCUT2D eigenvalue weighted by Crippen LogP contribution is 1.97. The van der Waals surface area contributed by atoms with Crippen LogP contribution in [-0.4, -0.2) is 28.3 Å². The van der Waals surface area contributed by atoms with Gasteiger partial charge in [0.1, 0.15) is 0 Å². The molecule has 2 nitrogen and oxygen atoms in total. The maximum absolute atomic E-state index is 4.05. The molecule has 1 heterocycles. The molecule has 0 aliphatic carbocycles. The number of aromatic nitrogens is 1. The minimum atomic E-state index is 0.967. The lowest BCUT2D eigenvalue weighted by Crippen LogP contribution is -2.06. The van der Waals surface area contributed by atoms with Gasteiger partial charge < -0.3 is 5.32 Å². The summed E-state index contributed by atoms with van der Waals surface area (Å²) in [6, 6.07) is 3.92. The fourth-order valence-electron chi connectivity index (χ4n) is 0.553. The van der Waals surface area contributed by atoms with Crippen molar-refractivity contribution in [1.82, 2.24) is 4.98 Å². The molecule has 1 N–H and O–H groups in total. The Balaban J connectivity index is 2.88. The molecule has 44 valence electrons. The van der Waals surface area contributed by atoms with Crippen LogP contribution in [0.15, 0.2) is 18.3 Å². The predicted octanol–water partition coefficient (Wildman–Crippen LogP) is -0.0829. The first-order valence-electron chi connectivity index (χ1n) is 2.72. The molecule has 0 spiro atoms. The van der Waals surface area contributed by atoms with E-state index in [0.717, 1.165) is 10.2 Å².